The zero-order chi connectivity index (χ0) is 13.3. The Morgan fingerprint density at radius 2 is 2.06 bits per heavy atom. The van der Waals surface area contributed by atoms with Crippen LogP contribution in [0.25, 0.3) is 10.1 Å². The predicted molar refractivity (Wildman–Crippen MR) is 75.2 cm³/mol. The summed E-state index contributed by atoms with van der Waals surface area (Å²) < 4.78 is 1.11. The van der Waals surface area contributed by atoms with Crippen molar-refractivity contribution in [1.82, 2.24) is 5.32 Å². The largest absolute Gasteiger partial charge is 0.389 e. The van der Waals surface area contributed by atoms with Gasteiger partial charge in [0.05, 0.1) is 10.5 Å². The first kappa shape index (κ1) is 13.1. The minimum atomic E-state index is -0.889. The molecule has 0 radical (unpaired) electrons. The Kier molecular flexibility index (Phi) is 3.41. The van der Waals surface area contributed by atoms with E-state index in [0.29, 0.717) is 0 Å². The van der Waals surface area contributed by atoms with Crippen LogP contribution in [-0.2, 0) is 0 Å². The number of aliphatic hydroxyl groups is 1. The van der Waals surface area contributed by atoms with Gasteiger partial charge in [-0.2, -0.15) is 0 Å². The normalized spacial score (nSPS) is 11.8. The summed E-state index contributed by atoms with van der Waals surface area (Å²) in [4.78, 5) is 12.8. The number of rotatable bonds is 3. The molecule has 0 aliphatic rings. The van der Waals surface area contributed by atoms with E-state index in [4.69, 9.17) is 0 Å². The highest BCUT2D eigenvalue weighted by Gasteiger charge is 2.18. The molecular weight excluding hydrogens is 246 g/mol. The van der Waals surface area contributed by atoms with Crippen molar-refractivity contribution in [2.45, 2.75) is 26.4 Å². The quantitative estimate of drug-likeness (QED) is 0.894. The average molecular weight is 263 g/mol. The van der Waals surface area contributed by atoms with Crippen molar-refractivity contribution in [2.24, 2.45) is 0 Å². The van der Waals surface area contributed by atoms with Gasteiger partial charge in [-0.05, 0) is 37.8 Å². The average Bonchev–Trinajstić information content (AvgIpc) is 2.64. The number of hydrogen-bond donors (Lipinski definition) is 2. The summed E-state index contributed by atoms with van der Waals surface area (Å²) in [5.74, 6) is -0.115. The molecule has 2 N–H and O–H groups in total. The summed E-state index contributed by atoms with van der Waals surface area (Å²) in [6, 6.07) is 7.98. The Bertz CT molecular complexity index is 581. The first-order valence-electron chi connectivity index (χ1n) is 5.87. The van der Waals surface area contributed by atoms with Gasteiger partial charge < -0.3 is 10.4 Å². The number of thiophene rings is 1. The highest BCUT2D eigenvalue weighted by Crippen LogP contribution is 2.30. The third-order valence-corrected chi connectivity index (χ3v) is 4.00. The molecule has 0 fully saturated rings. The van der Waals surface area contributed by atoms with Crippen molar-refractivity contribution in [3.05, 3.63) is 34.7 Å². The Hall–Kier alpha value is -1.39. The van der Waals surface area contributed by atoms with Gasteiger partial charge in [0.15, 0.2) is 0 Å². The molecule has 0 aliphatic heterocycles. The van der Waals surface area contributed by atoms with Crippen molar-refractivity contribution in [3.8, 4) is 0 Å². The van der Waals surface area contributed by atoms with Crippen LogP contribution in [-0.4, -0.2) is 23.2 Å². The van der Waals surface area contributed by atoms with Crippen molar-refractivity contribution in [3.63, 3.8) is 0 Å². The van der Waals surface area contributed by atoms with Crippen LogP contribution in [0.1, 0.15) is 29.1 Å². The summed E-state index contributed by atoms with van der Waals surface area (Å²) in [6.45, 7) is 5.55. The third-order valence-electron chi connectivity index (χ3n) is 2.73. The first-order chi connectivity index (χ1) is 8.38. The molecule has 0 saturated heterocycles. The topological polar surface area (TPSA) is 49.3 Å². The molecule has 1 aromatic carbocycles. The lowest BCUT2D eigenvalue weighted by molar-refractivity contribution is 0.0696. The number of carbonyl (C=O) groups is 1. The summed E-state index contributed by atoms with van der Waals surface area (Å²) in [5.41, 5.74) is 0.115. The molecule has 0 saturated carbocycles. The van der Waals surface area contributed by atoms with E-state index in [2.05, 4.69) is 5.32 Å². The van der Waals surface area contributed by atoms with Crippen molar-refractivity contribution in [2.75, 3.05) is 6.54 Å². The molecule has 0 aliphatic carbocycles. The lowest BCUT2D eigenvalue weighted by atomic mass is 10.1. The zero-order valence-electron chi connectivity index (χ0n) is 10.8. The van der Waals surface area contributed by atoms with E-state index in [1.807, 2.05) is 31.2 Å². The molecule has 4 heteroatoms. The van der Waals surface area contributed by atoms with Crippen molar-refractivity contribution in [1.29, 1.82) is 0 Å². The van der Waals surface area contributed by atoms with Crippen LogP contribution in [0, 0.1) is 6.92 Å². The molecule has 0 bridgehead atoms. The Morgan fingerprint density at radius 1 is 1.39 bits per heavy atom. The molecule has 1 amide bonds. The molecule has 96 valence electrons. The second-order valence-electron chi connectivity index (χ2n) is 5.05. The number of carbonyl (C=O) groups excluding carboxylic acids is 1. The van der Waals surface area contributed by atoms with Crippen LogP contribution in [0.15, 0.2) is 24.3 Å². The fourth-order valence-corrected chi connectivity index (χ4v) is 2.89. The molecular formula is C14H17NO2S. The minimum absolute atomic E-state index is 0.115. The maximum Gasteiger partial charge on any atom is 0.261 e. The fraction of sp³-hybridized carbons (Fsp3) is 0.357. The number of benzene rings is 1. The van der Waals surface area contributed by atoms with Gasteiger partial charge in [0, 0.05) is 11.2 Å². The Balaban J connectivity index is 2.26. The van der Waals surface area contributed by atoms with E-state index in [1.54, 1.807) is 13.8 Å². The lowest BCUT2D eigenvalue weighted by Gasteiger charge is -2.17. The molecule has 0 unspecified atom stereocenters. The number of amides is 1. The van der Waals surface area contributed by atoms with Gasteiger partial charge in [0.1, 0.15) is 0 Å². The van der Waals surface area contributed by atoms with E-state index in [-0.39, 0.29) is 12.5 Å². The zero-order valence-corrected chi connectivity index (χ0v) is 11.6. The molecule has 1 heterocycles. The molecule has 0 atom stereocenters. The van der Waals surface area contributed by atoms with Gasteiger partial charge in [-0.3, -0.25) is 4.79 Å². The van der Waals surface area contributed by atoms with Crippen molar-refractivity contribution < 1.29 is 9.90 Å². The predicted octanol–water partition coefficient (Wildman–Crippen LogP) is 2.71. The van der Waals surface area contributed by atoms with E-state index >= 15 is 0 Å². The number of aryl methyl sites for hydroxylation is 1. The van der Waals surface area contributed by atoms with E-state index in [1.165, 1.54) is 11.3 Å². The summed E-state index contributed by atoms with van der Waals surface area (Å²) in [5, 5.41) is 13.5. The molecule has 1 aromatic heterocycles. The molecule has 2 aromatic rings. The summed E-state index contributed by atoms with van der Waals surface area (Å²) in [6.07, 6.45) is 0. The first-order valence-corrected chi connectivity index (χ1v) is 6.69. The molecule has 2 rings (SSSR count). The van der Waals surface area contributed by atoms with Crippen molar-refractivity contribution >= 4 is 27.3 Å². The van der Waals surface area contributed by atoms with Gasteiger partial charge >= 0.3 is 0 Å². The Labute approximate surface area is 110 Å². The SMILES string of the molecule is Cc1c(C(=O)NCC(C)(C)O)sc2ccccc12. The lowest BCUT2D eigenvalue weighted by Crippen LogP contribution is -2.38. The highest BCUT2D eigenvalue weighted by molar-refractivity contribution is 7.21. The third kappa shape index (κ3) is 2.71. The van der Waals surface area contributed by atoms with Gasteiger partial charge in [-0.15, -0.1) is 11.3 Å². The molecule has 0 spiro atoms. The standard InChI is InChI=1S/C14H17NO2S/c1-9-10-6-4-5-7-11(10)18-12(9)13(16)15-8-14(2,3)17/h4-7,17H,8H2,1-3H3,(H,15,16). The summed E-state index contributed by atoms with van der Waals surface area (Å²) in [7, 11) is 0. The van der Waals surface area contributed by atoms with Crippen LogP contribution in [0.2, 0.25) is 0 Å². The van der Waals surface area contributed by atoms with E-state index < -0.39 is 5.60 Å². The van der Waals surface area contributed by atoms with Gasteiger partial charge in [-0.25, -0.2) is 0 Å². The van der Waals surface area contributed by atoms with E-state index in [9.17, 15) is 9.90 Å². The highest BCUT2D eigenvalue weighted by atomic mass is 32.1. The van der Waals surface area contributed by atoms with Gasteiger partial charge in [-0.1, -0.05) is 18.2 Å². The minimum Gasteiger partial charge on any atom is -0.389 e. The molecule has 3 nitrogen and oxygen atoms in total. The monoisotopic (exact) mass is 263 g/mol. The van der Waals surface area contributed by atoms with Crippen LogP contribution < -0.4 is 5.32 Å². The van der Waals surface area contributed by atoms with Crippen LogP contribution >= 0.6 is 11.3 Å². The Morgan fingerprint density at radius 3 is 2.67 bits per heavy atom. The second kappa shape index (κ2) is 4.71. The smallest absolute Gasteiger partial charge is 0.261 e. The molecule has 18 heavy (non-hydrogen) atoms. The maximum atomic E-state index is 12.1. The second-order valence-corrected chi connectivity index (χ2v) is 6.10. The van der Waals surface area contributed by atoms with Gasteiger partial charge in [0.2, 0.25) is 0 Å². The fourth-order valence-electron chi connectivity index (χ4n) is 1.77. The number of hydrogen-bond acceptors (Lipinski definition) is 3. The number of nitrogens with one attached hydrogen (secondary N) is 1. The maximum absolute atomic E-state index is 12.1. The number of fused-ring (bicyclic) bond motifs is 1. The van der Waals surface area contributed by atoms with Gasteiger partial charge in [0.25, 0.3) is 5.91 Å². The van der Waals surface area contributed by atoms with E-state index in [0.717, 1.165) is 20.5 Å². The van der Waals surface area contributed by atoms with Crippen LogP contribution in [0.4, 0.5) is 0 Å². The summed E-state index contributed by atoms with van der Waals surface area (Å²) >= 11 is 1.49. The van der Waals surface area contributed by atoms with Crippen LogP contribution in [0.3, 0.4) is 0 Å². The van der Waals surface area contributed by atoms with Crippen LogP contribution in [0.5, 0.6) is 0 Å².